The molecule has 7 heteroatoms. The van der Waals surface area contributed by atoms with Gasteiger partial charge >= 0.3 is 0 Å². The average molecular weight is 652 g/mol. The molecule has 1 heterocycles. The lowest BCUT2D eigenvalue weighted by atomic mass is 10.1. The van der Waals surface area contributed by atoms with E-state index in [4.69, 9.17) is 16.3 Å². The van der Waals surface area contributed by atoms with E-state index in [1.54, 1.807) is 0 Å². The number of ether oxygens (including phenoxy) is 1. The number of nitrogens with zero attached hydrogens (tertiary/aromatic N) is 1. The summed E-state index contributed by atoms with van der Waals surface area (Å²) in [6.07, 6.45) is 18.3. The maximum atomic E-state index is 12.8. The normalized spacial score (nSPS) is 12.7. The number of nitrogens with one attached hydrogen (secondary N) is 1. The SMILES string of the molecule is Br.CCCCCCCCCCCCCCOc1ccc(CC(=O)Nc2ccccc2CN2C=C(C)SC2)cc1Cl. The molecule has 0 saturated carbocycles. The molecule has 0 unspecified atom stereocenters. The molecule has 2 aromatic rings. The Balaban J connectivity index is 0.00000560. The van der Waals surface area contributed by atoms with Crippen LogP contribution >= 0.6 is 40.3 Å². The molecular formula is C33H48BrClN2O2S. The van der Waals surface area contributed by atoms with Crippen LogP contribution in [0.4, 0.5) is 5.69 Å². The number of rotatable bonds is 19. The number of hydrogen-bond acceptors (Lipinski definition) is 4. The highest BCUT2D eigenvalue weighted by molar-refractivity contribution is 8.93. The quantitative estimate of drug-likeness (QED) is 0.154. The van der Waals surface area contributed by atoms with Gasteiger partial charge < -0.3 is 15.0 Å². The van der Waals surface area contributed by atoms with Crippen LogP contribution in [0.3, 0.4) is 0 Å². The van der Waals surface area contributed by atoms with Crippen molar-refractivity contribution >= 4 is 51.9 Å². The van der Waals surface area contributed by atoms with E-state index in [2.05, 4.69) is 36.3 Å². The molecule has 2 aromatic carbocycles. The Kier molecular flexibility index (Phi) is 17.5. The van der Waals surface area contributed by atoms with Crippen molar-refractivity contribution in [3.8, 4) is 5.75 Å². The molecule has 1 N–H and O–H groups in total. The zero-order valence-corrected chi connectivity index (χ0v) is 27.7. The Morgan fingerprint density at radius 3 is 2.23 bits per heavy atom. The smallest absolute Gasteiger partial charge is 0.228 e. The van der Waals surface area contributed by atoms with Gasteiger partial charge in [-0.05, 0) is 47.6 Å². The molecular weight excluding hydrogens is 604 g/mol. The standard InChI is InChI=1S/C33H47ClN2O2S.BrH/c1-3-4-5-6-7-8-9-10-11-12-13-16-21-38-32-20-19-28(22-30(32)34)23-33(37)35-31-18-15-14-17-29(31)25-36-24-27(2)39-26-36;/h14-15,17-20,22,24H,3-13,16,21,23,25-26H2,1-2H3,(H,35,37);1H. The number of allylic oxidation sites excluding steroid dienone is 1. The Morgan fingerprint density at radius 2 is 1.60 bits per heavy atom. The van der Waals surface area contributed by atoms with Crippen molar-refractivity contribution in [2.75, 3.05) is 17.8 Å². The lowest BCUT2D eigenvalue weighted by Crippen LogP contribution is -2.18. The summed E-state index contributed by atoms with van der Waals surface area (Å²) in [5, 5.41) is 3.65. The highest BCUT2D eigenvalue weighted by Crippen LogP contribution is 2.28. The third kappa shape index (κ3) is 13.4. The van der Waals surface area contributed by atoms with Crippen molar-refractivity contribution in [2.24, 2.45) is 0 Å². The number of carbonyl (C=O) groups excluding carboxylic acids is 1. The van der Waals surface area contributed by atoms with Gasteiger partial charge in [0.05, 0.1) is 23.9 Å². The van der Waals surface area contributed by atoms with E-state index in [9.17, 15) is 4.79 Å². The first kappa shape index (κ1) is 34.6. The van der Waals surface area contributed by atoms with Crippen molar-refractivity contribution in [1.82, 2.24) is 4.90 Å². The summed E-state index contributed by atoms with van der Waals surface area (Å²) < 4.78 is 5.93. The van der Waals surface area contributed by atoms with Crippen LogP contribution in [0.5, 0.6) is 5.75 Å². The van der Waals surface area contributed by atoms with Crippen molar-refractivity contribution in [2.45, 2.75) is 104 Å². The van der Waals surface area contributed by atoms with Gasteiger partial charge in [-0.25, -0.2) is 0 Å². The van der Waals surface area contributed by atoms with Gasteiger partial charge in [0.2, 0.25) is 5.91 Å². The van der Waals surface area contributed by atoms with Gasteiger partial charge in [-0.15, -0.1) is 28.7 Å². The largest absolute Gasteiger partial charge is 0.492 e. The Bertz CT molecular complexity index is 1050. The van der Waals surface area contributed by atoms with Crippen molar-refractivity contribution in [3.05, 3.63) is 69.7 Å². The fourth-order valence-electron chi connectivity index (χ4n) is 4.88. The summed E-state index contributed by atoms with van der Waals surface area (Å²) in [5.74, 6) is 1.59. The van der Waals surface area contributed by atoms with E-state index in [-0.39, 0.29) is 29.3 Å². The van der Waals surface area contributed by atoms with Crippen LogP contribution in [0, 0.1) is 0 Å². The van der Waals surface area contributed by atoms with Crippen molar-refractivity contribution in [3.63, 3.8) is 0 Å². The summed E-state index contributed by atoms with van der Waals surface area (Å²) in [6, 6.07) is 13.7. The summed E-state index contributed by atoms with van der Waals surface area (Å²) in [4.78, 5) is 16.4. The number of amides is 1. The third-order valence-electron chi connectivity index (χ3n) is 7.10. The Morgan fingerprint density at radius 1 is 0.950 bits per heavy atom. The van der Waals surface area contributed by atoms with E-state index in [0.29, 0.717) is 17.4 Å². The fourth-order valence-corrected chi connectivity index (χ4v) is 5.90. The highest BCUT2D eigenvalue weighted by atomic mass is 79.9. The Hall–Kier alpha value is -1.63. The number of anilines is 1. The summed E-state index contributed by atoms with van der Waals surface area (Å²) in [5.41, 5.74) is 2.85. The molecule has 1 amide bonds. The lowest BCUT2D eigenvalue weighted by molar-refractivity contribution is -0.115. The number of unbranched alkanes of at least 4 members (excludes halogenated alkanes) is 11. The van der Waals surface area contributed by atoms with Crippen molar-refractivity contribution in [1.29, 1.82) is 0 Å². The van der Waals surface area contributed by atoms with Crippen LogP contribution < -0.4 is 10.1 Å². The van der Waals surface area contributed by atoms with Gasteiger partial charge in [0.15, 0.2) is 0 Å². The van der Waals surface area contributed by atoms with Crippen LogP contribution in [-0.2, 0) is 17.8 Å². The molecule has 4 nitrogen and oxygen atoms in total. The van der Waals surface area contributed by atoms with Crippen molar-refractivity contribution < 1.29 is 9.53 Å². The predicted octanol–water partition coefficient (Wildman–Crippen LogP) is 10.5. The molecule has 0 saturated heterocycles. The van der Waals surface area contributed by atoms with Crippen LogP contribution in [0.2, 0.25) is 5.02 Å². The molecule has 222 valence electrons. The van der Waals surface area contributed by atoms with Gasteiger partial charge in [-0.1, -0.05) is 113 Å². The minimum Gasteiger partial charge on any atom is -0.492 e. The molecule has 0 bridgehead atoms. The van der Waals surface area contributed by atoms with Crippen LogP contribution in [0.15, 0.2) is 53.6 Å². The number of halogens is 2. The van der Waals surface area contributed by atoms with Gasteiger partial charge in [-0.3, -0.25) is 4.79 Å². The van der Waals surface area contributed by atoms with E-state index in [0.717, 1.165) is 35.7 Å². The van der Waals surface area contributed by atoms with Gasteiger partial charge in [0.25, 0.3) is 0 Å². The molecule has 0 aromatic heterocycles. The molecule has 40 heavy (non-hydrogen) atoms. The van der Waals surface area contributed by atoms with E-state index < -0.39 is 0 Å². The molecule has 0 fully saturated rings. The minimum atomic E-state index is -0.0498. The van der Waals surface area contributed by atoms with E-state index in [1.165, 1.54) is 75.5 Å². The van der Waals surface area contributed by atoms with Crippen LogP contribution in [0.25, 0.3) is 0 Å². The number of benzene rings is 2. The zero-order valence-electron chi connectivity index (χ0n) is 24.4. The average Bonchev–Trinajstić information content (AvgIpc) is 3.33. The second-order valence-corrected chi connectivity index (χ2v) is 12.2. The fraction of sp³-hybridized carbons (Fsp3) is 0.545. The van der Waals surface area contributed by atoms with Crippen LogP contribution in [0.1, 0.15) is 102 Å². The molecule has 0 spiro atoms. The van der Waals surface area contributed by atoms with Gasteiger partial charge in [0.1, 0.15) is 5.75 Å². The second-order valence-electron chi connectivity index (χ2n) is 10.6. The summed E-state index contributed by atoms with van der Waals surface area (Å²) >= 11 is 8.33. The number of hydrogen-bond donors (Lipinski definition) is 1. The first-order valence-corrected chi connectivity index (χ1v) is 16.3. The number of thioether (sulfide) groups is 1. The number of carbonyl (C=O) groups is 1. The van der Waals surface area contributed by atoms with Gasteiger partial charge in [-0.2, -0.15) is 0 Å². The maximum absolute atomic E-state index is 12.8. The predicted molar refractivity (Wildman–Crippen MR) is 179 cm³/mol. The topological polar surface area (TPSA) is 41.6 Å². The monoisotopic (exact) mass is 650 g/mol. The third-order valence-corrected chi connectivity index (χ3v) is 8.42. The number of para-hydroxylation sites is 1. The maximum Gasteiger partial charge on any atom is 0.228 e. The molecule has 0 atom stereocenters. The minimum absolute atomic E-state index is 0. The molecule has 1 aliphatic heterocycles. The van der Waals surface area contributed by atoms with E-state index in [1.807, 2.05) is 48.2 Å². The lowest BCUT2D eigenvalue weighted by Gasteiger charge is -2.18. The second kappa shape index (κ2) is 20.3. The van der Waals surface area contributed by atoms with Crippen LogP contribution in [-0.4, -0.2) is 23.3 Å². The molecule has 3 rings (SSSR count). The molecule has 0 radical (unpaired) electrons. The highest BCUT2D eigenvalue weighted by Gasteiger charge is 2.14. The summed E-state index contributed by atoms with van der Waals surface area (Å²) in [6.45, 7) is 5.85. The molecule has 1 aliphatic rings. The molecule has 0 aliphatic carbocycles. The first-order chi connectivity index (χ1) is 19.0. The van der Waals surface area contributed by atoms with Gasteiger partial charge in [0, 0.05) is 18.4 Å². The summed E-state index contributed by atoms with van der Waals surface area (Å²) in [7, 11) is 0. The van der Waals surface area contributed by atoms with E-state index >= 15 is 0 Å². The first-order valence-electron chi connectivity index (χ1n) is 14.9. The Labute approximate surface area is 262 Å². The zero-order chi connectivity index (χ0) is 27.7.